The van der Waals surface area contributed by atoms with Gasteiger partial charge in [0.05, 0.1) is 6.54 Å². The van der Waals surface area contributed by atoms with Crippen LogP contribution in [0.3, 0.4) is 0 Å². The third-order valence-electron chi connectivity index (χ3n) is 4.26. The Morgan fingerprint density at radius 1 is 1.13 bits per heavy atom. The van der Waals surface area contributed by atoms with Crippen molar-refractivity contribution >= 4 is 30.7 Å². The number of hydrogen-bond acceptors (Lipinski definition) is 3. The van der Waals surface area contributed by atoms with Crippen molar-refractivity contribution in [2.24, 2.45) is 11.7 Å². The molecule has 0 bridgehead atoms. The Balaban J connectivity index is 0.00000242. The molecule has 2 N–H and O–H groups in total. The van der Waals surface area contributed by atoms with Gasteiger partial charge in [-0.2, -0.15) is 8.78 Å². The van der Waals surface area contributed by atoms with E-state index >= 15 is 0 Å². The molecule has 0 aromatic rings. The normalized spacial score (nSPS) is 25.9. The first kappa shape index (κ1) is 22.7. The Bertz CT molecular complexity index is 382. The predicted octanol–water partition coefficient (Wildman–Crippen LogP) is 2.00. The molecule has 4 nitrogen and oxygen atoms in total. The number of alkyl halides is 4. The fraction of sp³-hybridized carbons (Fsp3) is 0.923. The van der Waals surface area contributed by atoms with E-state index in [1.807, 2.05) is 0 Å². The molecule has 1 saturated heterocycles. The van der Waals surface area contributed by atoms with Crippen LogP contribution in [0.15, 0.2) is 0 Å². The topological polar surface area (TPSA) is 49.6 Å². The van der Waals surface area contributed by atoms with Gasteiger partial charge in [0.25, 0.3) is 0 Å². The Morgan fingerprint density at radius 3 is 2.13 bits per heavy atom. The van der Waals surface area contributed by atoms with Gasteiger partial charge in [0.1, 0.15) is 0 Å². The van der Waals surface area contributed by atoms with Crippen molar-refractivity contribution < 1.29 is 22.4 Å². The molecule has 1 aliphatic carbocycles. The fourth-order valence-electron chi connectivity index (χ4n) is 2.99. The number of carbonyl (C=O) groups is 1. The highest BCUT2D eigenvalue weighted by atomic mass is 35.5. The maximum atomic E-state index is 13.0. The van der Waals surface area contributed by atoms with Crippen molar-refractivity contribution in [2.75, 3.05) is 32.7 Å². The Morgan fingerprint density at radius 2 is 1.70 bits per heavy atom. The van der Waals surface area contributed by atoms with Crippen LogP contribution in [0, 0.1) is 5.92 Å². The highest BCUT2D eigenvalue weighted by molar-refractivity contribution is 5.85. The summed E-state index contributed by atoms with van der Waals surface area (Å²) in [4.78, 5) is 15.2. The minimum Gasteiger partial charge on any atom is -0.340 e. The molecule has 138 valence electrons. The number of halogens is 6. The molecule has 23 heavy (non-hydrogen) atoms. The third kappa shape index (κ3) is 5.92. The number of piperazine rings is 1. The predicted molar refractivity (Wildman–Crippen MR) is 83.8 cm³/mol. The molecular formula is C13H23Cl2F4N3O. The van der Waals surface area contributed by atoms with E-state index in [1.165, 1.54) is 4.90 Å². The van der Waals surface area contributed by atoms with Gasteiger partial charge in [-0.15, -0.1) is 24.8 Å². The molecule has 10 heteroatoms. The molecule has 2 unspecified atom stereocenters. The second kappa shape index (κ2) is 9.25. The molecule has 2 aliphatic rings. The lowest BCUT2D eigenvalue weighted by Crippen LogP contribution is -2.53. The minimum absolute atomic E-state index is 0. The second-order valence-electron chi connectivity index (χ2n) is 5.93. The maximum absolute atomic E-state index is 13.0. The number of carbonyl (C=O) groups excluding carboxylic acids is 1. The molecule has 0 radical (unpaired) electrons. The van der Waals surface area contributed by atoms with Crippen LogP contribution in [0.25, 0.3) is 0 Å². The maximum Gasteiger partial charge on any atom is 0.319 e. The van der Waals surface area contributed by atoms with E-state index in [4.69, 9.17) is 5.73 Å². The van der Waals surface area contributed by atoms with Crippen LogP contribution in [-0.4, -0.2) is 66.8 Å². The van der Waals surface area contributed by atoms with E-state index < -0.39 is 18.9 Å². The average Bonchev–Trinajstić information content (AvgIpc) is 2.85. The molecule has 0 aromatic heterocycles. The number of rotatable bonds is 4. The minimum atomic E-state index is -4.00. The van der Waals surface area contributed by atoms with Gasteiger partial charge in [-0.05, 0) is 19.3 Å². The van der Waals surface area contributed by atoms with Gasteiger partial charge in [0.2, 0.25) is 5.91 Å². The van der Waals surface area contributed by atoms with Gasteiger partial charge >= 0.3 is 12.3 Å². The standard InChI is InChI=1S/C13H21F4N3O.2ClH/c14-12(15)13(16,17)8-19-3-5-20(6-4-19)11(21)9-1-2-10(18)7-9;;/h9-10,12H,1-8,18H2;2*1H. The summed E-state index contributed by atoms with van der Waals surface area (Å²) in [6, 6.07) is 0.0602. The van der Waals surface area contributed by atoms with Crippen molar-refractivity contribution in [3.05, 3.63) is 0 Å². The molecule has 0 spiro atoms. The largest absolute Gasteiger partial charge is 0.340 e. The van der Waals surface area contributed by atoms with Gasteiger partial charge in [-0.25, -0.2) is 8.78 Å². The summed E-state index contributed by atoms with van der Waals surface area (Å²) in [6.07, 6.45) is -1.39. The lowest BCUT2D eigenvalue weighted by atomic mass is 10.1. The summed E-state index contributed by atoms with van der Waals surface area (Å²) in [7, 11) is 0. The van der Waals surface area contributed by atoms with E-state index in [2.05, 4.69) is 0 Å². The quantitative estimate of drug-likeness (QED) is 0.755. The monoisotopic (exact) mass is 383 g/mol. The third-order valence-corrected chi connectivity index (χ3v) is 4.26. The van der Waals surface area contributed by atoms with Crippen molar-refractivity contribution in [1.82, 2.24) is 9.80 Å². The molecule has 2 rings (SSSR count). The van der Waals surface area contributed by atoms with E-state index in [-0.39, 0.29) is 55.8 Å². The van der Waals surface area contributed by atoms with E-state index in [0.717, 1.165) is 12.8 Å². The van der Waals surface area contributed by atoms with Gasteiger partial charge in [0.15, 0.2) is 0 Å². The zero-order valence-electron chi connectivity index (χ0n) is 12.6. The summed E-state index contributed by atoms with van der Waals surface area (Å²) in [6.45, 7) is 0.0639. The van der Waals surface area contributed by atoms with Crippen LogP contribution in [0.1, 0.15) is 19.3 Å². The fourth-order valence-corrected chi connectivity index (χ4v) is 2.99. The Labute approximate surface area is 145 Å². The van der Waals surface area contributed by atoms with Crippen molar-refractivity contribution in [3.8, 4) is 0 Å². The number of nitrogens with two attached hydrogens (primary N) is 1. The summed E-state index contributed by atoms with van der Waals surface area (Å²) in [5.74, 6) is -4.05. The first-order valence-electron chi connectivity index (χ1n) is 7.22. The van der Waals surface area contributed by atoms with E-state index in [9.17, 15) is 22.4 Å². The van der Waals surface area contributed by atoms with Gasteiger partial charge in [0, 0.05) is 38.1 Å². The average molecular weight is 384 g/mol. The molecule has 1 saturated carbocycles. The molecule has 1 heterocycles. The van der Waals surface area contributed by atoms with Gasteiger partial charge in [-0.3, -0.25) is 9.69 Å². The Kier molecular flexibility index (Phi) is 9.12. The molecular weight excluding hydrogens is 361 g/mol. The number of amides is 1. The summed E-state index contributed by atoms with van der Waals surface area (Å²) in [5.41, 5.74) is 5.78. The van der Waals surface area contributed by atoms with E-state index in [0.29, 0.717) is 19.5 Å². The summed E-state index contributed by atoms with van der Waals surface area (Å²) >= 11 is 0. The number of nitrogens with zero attached hydrogens (tertiary/aromatic N) is 2. The van der Waals surface area contributed by atoms with E-state index in [1.54, 1.807) is 4.90 Å². The van der Waals surface area contributed by atoms with Crippen LogP contribution < -0.4 is 5.73 Å². The van der Waals surface area contributed by atoms with Crippen molar-refractivity contribution in [3.63, 3.8) is 0 Å². The first-order chi connectivity index (χ1) is 9.79. The zero-order valence-corrected chi connectivity index (χ0v) is 14.2. The molecule has 0 aromatic carbocycles. The second-order valence-corrected chi connectivity index (χ2v) is 5.93. The SMILES string of the molecule is Cl.Cl.NC1CCC(C(=O)N2CCN(CC(F)(F)C(F)F)CC2)C1. The summed E-state index contributed by atoms with van der Waals surface area (Å²) < 4.78 is 50.3. The zero-order chi connectivity index (χ0) is 15.6. The highest BCUT2D eigenvalue weighted by Gasteiger charge is 2.43. The van der Waals surface area contributed by atoms with Crippen LogP contribution in [0.2, 0.25) is 0 Å². The van der Waals surface area contributed by atoms with Crippen molar-refractivity contribution in [2.45, 2.75) is 37.7 Å². The van der Waals surface area contributed by atoms with Crippen LogP contribution >= 0.6 is 24.8 Å². The lowest BCUT2D eigenvalue weighted by Gasteiger charge is -2.37. The molecule has 1 aliphatic heterocycles. The Hall–Kier alpha value is -0.310. The number of hydrogen-bond donors (Lipinski definition) is 1. The van der Waals surface area contributed by atoms with Gasteiger partial charge < -0.3 is 10.6 Å². The highest BCUT2D eigenvalue weighted by Crippen LogP contribution is 2.27. The molecule has 2 fully saturated rings. The van der Waals surface area contributed by atoms with Gasteiger partial charge in [-0.1, -0.05) is 0 Å². The molecule has 2 atom stereocenters. The molecule has 1 amide bonds. The smallest absolute Gasteiger partial charge is 0.319 e. The van der Waals surface area contributed by atoms with Crippen molar-refractivity contribution in [1.29, 1.82) is 0 Å². The first-order valence-corrected chi connectivity index (χ1v) is 7.22. The van der Waals surface area contributed by atoms with Crippen LogP contribution in [-0.2, 0) is 4.79 Å². The lowest BCUT2D eigenvalue weighted by molar-refractivity contribution is -0.149. The summed E-state index contributed by atoms with van der Waals surface area (Å²) in [5, 5.41) is 0. The van der Waals surface area contributed by atoms with Crippen LogP contribution in [0.5, 0.6) is 0 Å². The van der Waals surface area contributed by atoms with Crippen LogP contribution in [0.4, 0.5) is 17.6 Å².